The number of rotatable bonds is 4. The van der Waals surface area contributed by atoms with Gasteiger partial charge in [0.25, 0.3) is 0 Å². The fourth-order valence-electron chi connectivity index (χ4n) is 2.44. The molecule has 0 aliphatic heterocycles. The molecule has 0 unspecified atom stereocenters. The van der Waals surface area contributed by atoms with Crippen LogP contribution in [-0.4, -0.2) is 19.7 Å². The van der Waals surface area contributed by atoms with Crippen LogP contribution in [0.3, 0.4) is 0 Å². The average molecular weight is 406 g/mol. The van der Waals surface area contributed by atoms with Crippen LogP contribution in [0.4, 0.5) is 20.6 Å². The van der Waals surface area contributed by atoms with Crippen molar-refractivity contribution in [2.24, 2.45) is 16.1 Å². The highest BCUT2D eigenvalue weighted by molar-refractivity contribution is 6.32. The number of amides is 2. The predicted octanol–water partition coefficient (Wildman–Crippen LogP) is 4.48. The van der Waals surface area contributed by atoms with Gasteiger partial charge in [0.2, 0.25) is 0 Å². The first-order valence-corrected chi connectivity index (χ1v) is 9.75. The Morgan fingerprint density at radius 1 is 1.17 bits per heavy atom. The molecule has 0 saturated heterocycles. The van der Waals surface area contributed by atoms with E-state index < -0.39 is 11.8 Å². The second-order valence-electron chi connectivity index (χ2n) is 8.41. The Labute approximate surface area is 179 Å². The van der Waals surface area contributed by atoms with E-state index in [1.807, 2.05) is 45.0 Å². The third-order valence-corrected chi connectivity index (χ3v) is 4.45. The van der Waals surface area contributed by atoms with E-state index in [0.29, 0.717) is 17.3 Å². The Morgan fingerprint density at radius 2 is 1.80 bits per heavy atom. The summed E-state index contributed by atoms with van der Waals surface area (Å²) in [6, 6.07) is 11.1. The highest BCUT2D eigenvalue weighted by atomic mass is 19.1. The maximum Gasteiger partial charge on any atom is 0.324 e. The Balaban J connectivity index is 2.30. The smallest absolute Gasteiger partial charge is 0.324 e. The summed E-state index contributed by atoms with van der Waals surface area (Å²) in [7, 11) is 5.54. The first-order chi connectivity index (χ1) is 14.0. The zero-order chi connectivity index (χ0) is 22.5. The molecule has 0 fully saturated rings. The summed E-state index contributed by atoms with van der Waals surface area (Å²) in [6.07, 6.45) is 1.61. The number of hydrogen-bond donors (Lipinski definition) is 3. The summed E-state index contributed by atoms with van der Waals surface area (Å²) < 4.78 is 14.0. The van der Waals surface area contributed by atoms with E-state index in [4.69, 9.17) is 13.6 Å². The number of allylic oxidation sites excluding steroid dienone is 1. The molecule has 30 heavy (non-hydrogen) atoms. The molecule has 2 radical (unpaired) electrons. The first kappa shape index (κ1) is 23.2. The highest BCUT2D eigenvalue weighted by Crippen LogP contribution is 2.22. The van der Waals surface area contributed by atoms with Crippen molar-refractivity contribution in [3.8, 4) is 0 Å². The van der Waals surface area contributed by atoms with E-state index in [0.717, 1.165) is 6.07 Å². The molecule has 2 amide bonds. The largest absolute Gasteiger partial charge is 0.401 e. The molecule has 4 N–H and O–H groups in total. The number of nitrogens with zero attached hydrogens (tertiary/aromatic N) is 1. The summed E-state index contributed by atoms with van der Waals surface area (Å²) >= 11 is 0. The Morgan fingerprint density at radius 3 is 2.33 bits per heavy atom. The molecule has 2 aromatic rings. The molecule has 0 bridgehead atoms. The molecule has 0 atom stereocenters. The fourth-order valence-corrected chi connectivity index (χ4v) is 2.44. The summed E-state index contributed by atoms with van der Waals surface area (Å²) in [4.78, 5) is 17.0. The zero-order valence-electron chi connectivity index (χ0n) is 18.1. The molecule has 0 heterocycles. The summed E-state index contributed by atoms with van der Waals surface area (Å²) in [5.41, 5.74) is 8.52. The van der Waals surface area contributed by atoms with E-state index in [1.54, 1.807) is 6.08 Å². The molecule has 0 spiro atoms. The zero-order valence-corrected chi connectivity index (χ0v) is 18.1. The molecule has 0 saturated carbocycles. The van der Waals surface area contributed by atoms with Gasteiger partial charge in [0.05, 0.1) is 11.4 Å². The van der Waals surface area contributed by atoms with E-state index >= 15 is 0 Å². The van der Waals surface area contributed by atoms with Crippen LogP contribution in [0.15, 0.2) is 59.2 Å². The van der Waals surface area contributed by atoms with Gasteiger partial charge in [0.15, 0.2) is 0 Å². The minimum absolute atomic E-state index is 0.00936. The molecule has 0 aromatic heterocycles. The summed E-state index contributed by atoms with van der Waals surface area (Å²) in [6.45, 7) is 10.1. The van der Waals surface area contributed by atoms with E-state index in [2.05, 4.69) is 29.5 Å². The molecule has 0 aliphatic rings. The predicted molar refractivity (Wildman–Crippen MR) is 123 cm³/mol. The second-order valence-corrected chi connectivity index (χ2v) is 8.41. The summed E-state index contributed by atoms with van der Waals surface area (Å²) in [5, 5.41) is 5.10. The number of carbonyl (C=O) groups excluding carboxylic acids is 1. The minimum Gasteiger partial charge on any atom is -0.401 e. The Kier molecular flexibility index (Phi) is 7.43. The van der Waals surface area contributed by atoms with Gasteiger partial charge in [-0.05, 0) is 35.7 Å². The van der Waals surface area contributed by atoms with Crippen LogP contribution < -0.4 is 21.8 Å². The van der Waals surface area contributed by atoms with E-state index in [1.165, 1.54) is 17.7 Å². The lowest BCUT2D eigenvalue weighted by atomic mass is 9.92. The number of nitrogens with two attached hydrogens (primary N) is 1. The normalized spacial score (nSPS) is 12.8. The lowest BCUT2D eigenvalue weighted by Crippen LogP contribution is -2.35. The van der Waals surface area contributed by atoms with Crippen molar-refractivity contribution in [2.45, 2.75) is 40.5 Å². The van der Waals surface area contributed by atoms with Crippen LogP contribution in [-0.2, 0) is 0 Å². The first-order valence-electron chi connectivity index (χ1n) is 9.75. The number of benzene rings is 2. The van der Waals surface area contributed by atoms with Gasteiger partial charge in [-0.3, -0.25) is 5.32 Å². The number of nitrogens with one attached hydrogen (secondary N) is 2. The van der Waals surface area contributed by atoms with Crippen LogP contribution in [0.5, 0.6) is 0 Å². The van der Waals surface area contributed by atoms with Gasteiger partial charge in [0.1, 0.15) is 19.5 Å². The van der Waals surface area contributed by atoms with Crippen LogP contribution >= 0.6 is 0 Å². The minimum atomic E-state index is -0.644. The van der Waals surface area contributed by atoms with Gasteiger partial charge < -0.3 is 11.1 Å². The molecule has 5 nitrogen and oxygen atoms in total. The van der Waals surface area contributed by atoms with Gasteiger partial charge in [-0.25, -0.2) is 14.2 Å². The van der Waals surface area contributed by atoms with E-state index in [-0.39, 0.29) is 22.4 Å². The van der Waals surface area contributed by atoms with Crippen molar-refractivity contribution in [1.82, 2.24) is 5.32 Å². The van der Waals surface area contributed by atoms with Crippen molar-refractivity contribution in [3.05, 3.63) is 65.6 Å². The van der Waals surface area contributed by atoms with Gasteiger partial charge in [-0.2, -0.15) is 0 Å². The van der Waals surface area contributed by atoms with Crippen molar-refractivity contribution in [2.75, 3.05) is 5.32 Å². The molecule has 2 aromatic carbocycles. The third-order valence-electron chi connectivity index (χ3n) is 4.45. The van der Waals surface area contributed by atoms with Crippen molar-refractivity contribution in [3.63, 3.8) is 0 Å². The Bertz CT molecular complexity index is 960. The van der Waals surface area contributed by atoms with Gasteiger partial charge in [-0.1, -0.05) is 58.3 Å². The Hall–Kier alpha value is -3.09. The molecular weight excluding hydrogens is 378 g/mol. The van der Waals surface area contributed by atoms with E-state index in [9.17, 15) is 9.18 Å². The number of amidine groups is 1. The van der Waals surface area contributed by atoms with Crippen molar-refractivity contribution in [1.29, 1.82) is 0 Å². The standard InChI is InChI=1S/C23H28BFN4O/c1-14(2)15-6-9-17(10-7-15)27-21(13-20(26)23(3,4)5)29-22(30)28-19-11-8-16(24)12-18(19)25/h6-14H,26H2,1-5H3,(H2,27,28,29,30)/b20-13-. The molecule has 0 aliphatic carbocycles. The number of anilines is 1. The monoisotopic (exact) mass is 406 g/mol. The number of carbonyl (C=O) groups is 1. The number of aliphatic imine (C=N–C) groups is 1. The van der Waals surface area contributed by atoms with Crippen LogP contribution in [0.25, 0.3) is 0 Å². The topological polar surface area (TPSA) is 79.5 Å². The van der Waals surface area contributed by atoms with Crippen LogP contribution in [0.1, 0.15) is 46.1 Å². The van der Waals surface area contributed by atoms with Crippen LogP contribution in [0, 0.1) is 11.2 Å². The lowest BCUT2D eigenvalue weighted by Gasteiger charge is -2.19. The van der Waals surface area contributed by atoms with Crippen molar-refractivity contribution < 1.29 is 9.18 Å². The van der Waals surface area contributed by atoms with Gasteiger partial charge in [0, 0.05) is 17.2 Å². The number of hydrogen-bond acceptors (Lipinski definition) is 3. The highest BCUT2D eigenvalue weighted by Gasteiger charge is 2.16. The number of urea groups is 1. The maximum atomic E-state index is 14.0. The molecule has 2 rings (SSSR count). The van der Waals surface area contributed by atoms with Gasteiger partial charge >= 0.3 is 6.03 Å². The molecule has 7 heteroatoms. The van der Waals surface area contributed by atoms with Crippen molar-refractivity contribution >= 4 is 36.6 Å². The molecule has 156 valence electrons. The van der Waals surface area contributed by atoms with Gasteiger partial charge in [-0.15, -0.1) is 0 Å². The second kappa shape index (κ2) is 9.61. The number of halogens is 1. The third kappa shape index (κ3) is 6.76. The quantitative estimate of drug-likeness (QED) is 0.398. The fraction of sp³-hybridized carbons (Fsp3) is 0.304. The summed E-state index contributed by atoms with van der Waals surface area (Å²) in [5.74, 6) is 0.0170. The molecular formula is C23H28BFN4O. The van der Waals surface area contributed by atoms with Crippen LogP contribution in [0.2, 0.25) is 0 Å². The SMILES string of the molecule is [B]c1ccc(NC(=O)NC(/C=C(\N)C(C)(C)C)=Nc2ccc(C(C)C)cc2)c(F)c1. The average Bonchev–Trinajstić information content (AvgIpc) is 2.63. The lowest BCUT2D eigenvalue weighted by molar-refractivity contribution is 0.256. The maximum absolute atomic E-state index is 14.0.